The number of aliphatic hydroxyl groups is 1. The van der Waals surface area contributed by atoms with E-state index in [1.54, 1.807) is 55.9 Å². The maximum Gasteiger partial charge on any atom is 0.199 e. The molecule has 0 saturated carbocycles. The number of hydrogen-bond donors (Lipinski definition) is 2. The number of anilines is 1. The van der Waals surface area contributed by atoms with Gasteiger partial charge in [-0.25, -0.2) is 9.97 Å². The normalized spacial score (nSPS) is 13.1. The van der Waals surface area contributed by atoms with E-state index in [0.717, 1.165) is 0 Å². The Bertz CT molecular complexity index is 1370. The van der Waals surface area contributed by atoms with E-state index in [0.29, 0.717) is 22.4 Å². The fraction of sp³-hybridized carbons (Fsp3) is 0.304. The van der Waals surface area contributed by atoms with Crippen LogP contribution in [0.1, 0.15) is 48.8 Å². The van der Waals surface area contributed by atoms with Crippen LogP contribution in [0.25, 0.3) is 21.8 Å². The topological polar surface area (TPSA) is 162 Å². The number of aromatic nitrogens is 4. The molecule has 2 unspecified atom stereocenters. The van der Waals surface area contributed by atoms with Crippen LogP contribution in [0, 0.1) is 35.9 Å². The molecule has 2 aromatic heterocycles. The molecule has 0 aliphatic heterocycles. The molecule has 0 spiro atoms. The van der Waals surface area contributed by atoms with Gasteiger partial charge in [0.05, 0.1) is 29.8 Å². The highest BCUT2D eigenvalue weighted by Crippen LogP contribution is 2.27. The number of benzene rings is 1. The van der Waals surface area contributed by atoms with Gasteiger partial charge in [0, 0.05) is 28.8 Å². The van der Waals surface area contributed by atoms with Crippen LogP contribution in [0.3, 0.4) is 0 Å². The molecule has 0 amide bonds. The summed E-state index contributed by atoms with van der Waals surface area (Å²) in [4.78, 5) is 11.0. The Labute approximate surface area is 195 Å². The molecule has 3 rings (SSSR count). The van der Waals surface area contributed by atoms with Crippen LogP contribution in [0.15, 0.2) is 35.6 Å². The quantitative estimate of drug-likeness (QED) is 0.246. The van der Waals surface area contributed by atoms with Crippen molar-refractivity contribution in [1.82, 2.24) is 19.7 Å². The molecule has 10 nitrogen and oxygen atoms in total. The molecule has 2 heterocycles. The fourth-order valence-corrected chi connectivity index (χ4v) is 3.30. The Morgan fingerprint density at radius 2 is 2.15 bits per heavy atom. The number of azide groups is 1. The van der Waals surface area contributed by atoms with Crippen molar-refractivity contribution in [3.05, 3.63) is 69.2 Å². The Hall–Kier alpha value is -4.44. The van der Waals surface area contributed by atoms with Crippen LogP contribution < -0.4 is 5.73 Å². The molecule has 0 radical (unpaired) electrons. The summed E-state index contributed by atoms with van der Waals surface area (Å²) in [5, 5.41) is 28.0. The number of rotatable bonds is 6. The van der Waals surface area contributed by atoms with Crippen LogP contribution in [-0.4, -0.2) is 30.5 Å². The summed E-state index contributed by atoms with van der Waals surface area (Å²) in [6, 6.07) is 8.31. The van der Waals surface area contributed by atoms with E-state index >= 15 is 0 Å². The standard InChI is InChI=1S/C23H22FN9O/c1-14-16(12-25)6-4-7-18(14)22-30-19(20(24)21(26)31-22)8-5-10-23(3,34)15(2)33-17(9-11-29-33)13-28-32-27/h4,6-7,9,11,15,34H,10,13H2,1-3H3,(H2,26,30,31). The first-order valence-electron chi connectivity index (χ1n) is 10.3. The number of halogens is 1. The lowest BCUT2D eigenvalue weighted by atomic mass is 9.94. The van der Waals surface area contributed by atoms with Gasteiger partial charge in [0.15, 0.2) is 23.2 Å². The average molecular weight is 459 g/mol. The maximum absolute atomic E-state index is 14.6. The Morgan fingerprint density at radius 3 is 2.85 bits per heavy atom. The van der Waals surface area contributed by atoms with Gasteiger partial charge in [0.25, 0.3) is 0 Å². The van der Waals surface area contributed by atoms with Gasteiger partial charge in [-0.05, 0) is 49.9 Å². The monoisotopic (exact) mass is 459 g/mol. The predicted molar refractivity (Wildman–Crippen MR) is 123 cm³/mol. The highest BCUT2D eigenvalue weighted by Gasteiger charge is 2.30. The van der Waals surface area contributed by atoms with Crippen molar-refractivity contribution < 1.29 is 9.50 Å². The molecular weight excluding hydrogens is 437 g/mol. The first-order chi connectivity index (χ1) is 16.2. The lowest BCUT2D eigenvalue weighted by Gasteiger charge is -2.29. The smallest absolute Gasteiger partial charge is 0.199 e. The van der Waals surface area contributed by atoms with E-state index in [-0.39, 0.29) is 30.3 Å². The molecule has 0 aliphatic rings. The van der Waals surface area contributed by atoms with Crippen LogP contribution in [0.5, 0.6) is 0 Å². The summed E-state index contributed by atoms with van der Waals surface area (Å²) in [7, 11) is 0. The summed E-state index contributed by atoms with van der Waals surface area (Å²) in [6.45, 7) is 5.16. The van der Waals surface area contributed by atoms with Crippen LogP contribution in [0.4, 0.5) is 10.2 Å². The second kappa shape index (κ2) is 10.0. The number of nitrogen functional groups attached to an aromatic ring is 1. The second-order valence-corrected chi connectivity index (χ2v) is 7.85. The third kappa shape index (κ3) is 4.97. The third-order valence-corrected chi connectivity index (χ3v) is 5.54. The van der Waals surface area contributed by atoms with Gasteiger partial charge in [-0.2, -0.15) is 14.8 Å². The molecule has 2 atom stereocenters. The van der Waals surface area contributed by atoms with Gasteiger partial charge < -0.3 is 10.8 Å². The number of nitrogens with zero attached hydrogens (tertiary/aromatic N) is 8. The molecule has 11 heteroatoms. The van der Waals surface area contributed by atoms with E-state index in [4.69, 9.17) is 11.3 Å². The van der Waals surface area contributed by atoms with Crippen molar-refractivity contribution in [2.24, 2.45) is 5.11 Å². The lowest BCUT2D eigenvalue weighted by Crippen LogP contribution is -2.35. The lowest BCUT2D eigenvalue weighted by molar-refractivity contribution is 0.0113. The Balaban J connectivity index is 1.89. The molecule has 0 fully saturated rings. The summed E-state index contributed by atoms with van der Waals surface area (Å²) in [5.41, 5.74) is 15.0. The maximum atomic E-state index is 14.6. The van der Waals surface area contributed by atoms with Crippen molar-refractivity contribution in [3.8, 4) is 29.3 Å². The van der Waals surface area contributed by atoms with Gasteiger partial charge in [0.2, 0.25) is 0 Å². The largest absolute Gasteiger partial charge is 0.387 e. The fourth-order valence-electron chi connectivity index (χ4n) is 3.30. The minimum absolute atomic E-state index is 0.0311. The molecule has 0 aliphatic carbocycles. The van der Waals surface area contributed by atoms with Crippen LogP contribution in [0.2, 0.25) is 0 Å². The van der Waals surface area contributed by atoms with Gasteiger partial charge in [-0.3, -0.25) is 4.68 Å². The summed E-state index contributed by atoms with van der Waals surface area (Å²) < 4.78 is 16.2. The van der Waals surface area contributed by atoms with Gasteiger partial charge in [-0.15, -0.1) is 0 Å². The summed E-state index contributed by atoms with van der Waals surface area (Å²) in [5.74, 6) is 4.34. The van der Waals surface area contributed by atoms with E-state index < -0.39 is 17.5 Å². The van der Waals surface area contributed by atoms with Gasteiger partial charge in [-0.1, -0.05) is 23.2 Å². The number of nitrogens with two attached hydrogens (primary N) is 1. The molecule has 3 N–H and O–H groups in total. The van der Waals surface area contributed by atoms with E-state index in [2.05, 4.69) is 43.0 Å². The number of hydrogen-bond acceptors (Lipinski definition) is 7. The molecule has 0 saturated heterocycles. The molecule has 0 bridgehead atoms. The average Bonchev–Trinajstić information content (AvgIpc) is 3.28. The van der Waals surface area contributed by atoms with Crippen molar-refractivity contribution in [2.75, 3.05) is 5.73 Å². The highest BCUT2D eigenvalue weighted by molar-refractivity contribution is 5.65. The predicted octanol–water partition coefficient (Wildman–Crippen LogP) is 3.81. The van der Waals surface area contributed by atoms with Gasteiger partial charge >= 0.3 is 0 Å². The zero-order valence-electron chi connectivity index (χ0n) is 18.9. The molecule has 172 valence electrons. The molecule has 34 heavy (non-hydrogen) atoms. The van der Waals surface area contributed by atoms with Crippen LogP contribution >= 0.6 is 0 Å². The third-order valence-electron chi connectivity index (χ3n) is 5.54. The van der Waals surface area contributed by atoms with E-state index in [9.17, 15) is 14.8 Å². The SMILES string of the molecule is Cc1c(C#N)cccc1-c1nc(N)c(F)c(C#CCC(C)(O)C(C)n2nccc2CN=[N+]=[N-])n1. The minimum atomic E-state index is -1.35. The van der Waals surface area contributed by atoms with Gasteiger partial charge in [0.1, 0.15) is 0 Å². The van der Waals surface area contributed by atoms with E-state index in [1.807, 2.05) is 0 Å². The van der Waals surface area contributed by atoms with Crippen molar-refractivity contribution in [3.63, 3.8) is 0 Å². The summed E-state index contributed by atoms with van der Waals surface area (Å²) in [6.07, 6.45) is 1.51. The highest BCUT2D eigenvalue weighted by atomic mass is 19.1. The zero-order chi connectivity index (χ0) is 24.9. The zero-order valence-corrected chi connectivity index (χ0v) is 18.9. The molecule has 3 aromatic rings. The summed E-state index contributed by atoms with van der Waals surface area (Å²) >= 11 is 0. The number of nitriles is 1. The minimum Gasteiger partial charge on any atom is -0.387 e. The van der Waals surface area contributed by atoms with Crippen molar-refractivity contribution in [2.45, 2.75) is 45.4 Å². The Morgan fingerprint density at radius 1 is 1.38 bits per heavy atom. The molecule has 1 aromatic carbocycles. The van der Waals surface area contributed by atoms with E-state index in [1.165, 1.54) is 0 Å². The first kappa shape index (κ1) is 24.2. The van der Waals surface area contributed by atoms with Crippen molar-refractivity contribution in [1.29, 1.82) is 5.26 Å². The molecular formula is C23H22FN9O. The van der Waals surface area contributed by atoms with Crippen LogP contribution in [-0.2, 0) is 6.54 Å². The second-order valence-electron chi connectivity index (χ2n) is 7.85. The first-order valence-corrected chi connectivity index (χ1v) is 10.3. The Kier molecular flexibility index (Phi) is 7.12. The van der Waals surface area contributed by atoms with Crippen molar-refractivity contribution >= 4 is 5.82 Å².